The van der Waals surface area contributed by atoms with Crippen molar-refractivity contribution in [3.05, 3.63) is 16.0 Å². The van der Waals surface area contributed by atoms with Crippen LogP contribution in [0.15, 0.2) is 0 Å². The van der Waals surface area contributed by atoms with Crippen LogP contribution in [0.5, 0.6) is 0 Å². The van der Waals surface area contributed by atoms with Crippen LogP contribution in [0.25, 0.3) is 0 Å². The molecule has 7 heteroatoms. The summed E-state index contributed by atoms with van der Waals surface area (Å²) in [5, 5.41) is 5.90. The molecule has 0 aromatic carbocycles. The molecule has 0 atom stereocenters. The molecule has 126 valence electrons. The number of thiophene rings is 1. The molecule has 1 aliphatic carbocycles. The highest BCUT2D eigenvalue weighted by Crippen LogP contribution is 2.38. The lowest BCUT2D eigenvalue weighted by atomic mass is 9.95. The van der Waals surface area contributed by atoms with Gasteiger partial charge in [-0.25, -0.2) is 4.79 Å². The second-order valence-corrected chi connectivity index (χ2v) is 6.63. The van der Waals surface area contributed by atoms with Crippen molar-refractivity contribution in [1.82, 2.24) is 5.32 Å². The summed E-state index contributed by atoms with van der Waals surface area (Å²) in [6.07, 6.45) is 4.64. The number of fused-ring (bicyclic) bond motifs is 1. The highest BCUT2D eigenvalue weighted by atomic mass is 32.1. The molecule has 2 rings (SSSR count). The van der Waals surface area contributed by atoms with E-state index in [0.717, 1.165) is 42.5 Å². The molecule has 0 aliphatic heterocycles. The van der Waals surface area contributed by atoms with E-state index in [9.17, 15) is 14.4 Å². The number of rotatable bonds is 6. The standard InChI is InChI=1S/C16H22N2O4S/c1-3-8-17-13(20)9-22-16(21)14-11-6-4-5-7-12(11)23-15(14)18-10(2)19/h3-9H2,1-2H3,(H,17,20)(H,18,19). The maximum atomic E-state index is 12.4. The number of carbonyl (C=O) groups is 3. The van der Waals surface area contributed by atoms with E-state index in [2.05, 4.69) is 10.6 Å². The fraction of sp³-hybridized carbons (Fsp3) is 0.562. The zero-order chi connectivity index (χ0) is 16.8. The van der Waals surface area contributed by atoms with Gasteiger partial charge in [-0.1, -0.05) is 6.92 Å². The summed E-state index contributed by atoms with van der Waals surface area (Å²) < 4.78 is 5.14. The van der Waals surface area contributed by atoms with Crippen LogP contribution in [-0.4, -0.2) is 30.9 Å². The second kappa shape index (κ2) is 8.10. The Kier molecular flexibility index (Phi) is 6.15. The van der Waals surface area contributed by atoms with E-state index >= 15 is 0 Å². The van der Waals surface area contributed by atoms with Gasteiger partial charge >= 0.3 is 5.97 Å². The van der Waals surface area contributed by atoms with Gasteiger partial charge in [0.15, 0.2) is 6.61 Å². The second-order valence-electron chi connectivity index (χ2n) is 5.52. The van der Waals surface area contributed by atoms with Crippen molar-refractivity contribution in [2.24, 2.45) is 0 Å². The Hall–Kier alpha value is -1.89. The van der Waals surface area contributed by atoms with Crippen molar-refractivity contribution in [2.45, 2.75) is 46.0 Å². The molecule has 1 aliphatic rings. The average molecular weight is 338 g/mol. The number of hydrogen-bond acceptors (Lipinski definition) is 5. The van der Waals surface area contributed by atoms with Gasteiger partial charge in [0.05, 0.1) is 5.56 Å². The molecule has 1 aromatic heterocycles. The van der Waals surface area contributed by atoms with Crippen molar-refractivity contribution in [2.75, 3.05) is 18.5 Å². The lowest BCUT2D eigenvalue weighted by molar-refractivity contribution is -0.124. The van der Waals surface area contributed by atoms with Gasteiger partial charge in [-0.05, 0) is 37.7 Å². The van der Waals surface area contributed by atoms with E-state index < -0.39 is 5.97 Å². The number of anilines is 1. The highest BCUT2D eigenvalue weighted by Gasteiger charge is 2.27. The zero-order valence-electron chi connectivity index (χ0n) is 13.5. The van der Waals surface area contributed by atoms with E-state index in [1.54, 1.807) is 0 Å². The Morgan fingerprint density at radius 1 is 1.22 bits per heavy atom. The van der Waals surface area contributed by atoms with Gasteiger partial charge in [0.2, 0.25) is 5.91 Å². The van der Waals surface area contributed by atoms with Crippen molar-refractivity contribution in [3.63, 3.8) is 0 Å². The maximum absolute atomic E-state index is 12.4. The fourth-order valence-electron chi connectivity index (χ4n) is 2.55. The molecule has 0 radical (unpaired) electrons. The van der Waals surface area contributed by atoms with E-state index in [1.807, 2.05) is 6.92 Å². The maximum Gasteiger partial charge on any atom is 0.341 e. The molecule has 0 saturated heterocycles. The minimum atomic E-state index is -0.542. The molecule has 0 bridgehead atoms. The first-order chi connectivity index (χ1) is 11.0. The number of amides is 2. The lowest BCUT2D eigenvalue weighted by Gasteiger charge is -2.12. The van der Waals surface area contributed by atoms with Crippen LogP contribution in [0.2, 0.25) is 0 Å². The lowest BCUT2D eigenvalue weighted by Crippen LogP contribution is -2.29. The van der Waals surface area contributed by atoms with Crippen LogP contribution in [0.3, 0.4) is 0 Å². The predicted molar refractivity (Wildman–Crippen MR) is 88.8 cm³/mol. The van der Waals surface area contributed by atoms with E-state index in [4.69, 9.17) is 4.74 Å². The molecule has 0 spiro atoms. The first-order valence-electron chi connectivity index (χ1n) is 7.88. The number of nitrogens with one attached hydrogen (secondary N) is 2. The van der Waals surface area contributed by atoms with Crippen molar-refractivity contribution < 1.29 is 19.1 Å². The monoisotopic (exact) mass is 338 g/mol. The number of carbonyl (C=O) groups excluding carboxylic acids is 3. The largest absolute Gasteiger partial charge is 0.452 e. The zero-order valence-corrected chi connectivity index (χ0v) is 14.3. The Balaban J connectivity index is 2.12. The summed E-state index contributed by atoms with van der Waals surface area (Å²) in [5.41, 5.74) is 1.38. The predicted octanol–water partition coefficient (Wildman–Crippen LogP) is 2.27. The van der Waals surface area contributed by atoms with Crippen LogP contribution < -0.4 is 10.6 Å². The van der Waals surface area contributed by atoms with Crippen LogP contribution in [0.4, 0.5) is 5.00 Å². The van der Waals surface area contributed by atoms with Crippen molar-refractivity contribution >= 4 is 34.1 Å². The van der Waals surface area contributed by atoms with Gasteiger partial charge in [0, 0.05) is 18.3 Å². The van der Waals surface area contributed by atoms with Gasteiger partial charge in [-0.3, -0.25) is 9.59 Å². The van der Waals surface area contributed by atoms with Gasteiger partial charge in [0.1, 0.15) is 5.00 Å². The molecule has 2 amide bonds. The number of aryl methyl sites for hydroxylation is 1. The quantitative estimate of drug-likeness (QED) is 0.779. The molecule has 0 unspecified atom stereocenters. The Morgan fingerprint density at radius 2 is 1.96 bits per heavy atom. The Morgan fingerprint density at radius 3 is 2.65 bits per heavy atom. The molecule has 0 fully saturated rings. The topological polar surface area (TPSA) is 84.5 Å². The normalized spacial score (nSPS) is 13.1. The van der Waals surface area contributed by atoms with Crippen LogP contribution >= 0.6 is 11.3 Å². The summed E-state index contributed by atoms with van der Waals surface area (Å²) in [7, 11) is 0. The summed E-state index contributed by atoms with van der Waals surface area (Å²) >= 11 is 1.43. The Bertz CT molecular complexity index is 609. The summed E-state index contributed by atoms with van der Waals surface area (Å²) in [5.74, 6) is -1.08. The van der Waals surface area contributed by atoms with E-state index in [0.29, 0.717) is 17.1 Å². The summed E-state index contributed by atoms with van der Waals surface area (Å²) in [6.45, 7) is 3.61. The van der Waals surface area contributed by atoms with Crippen LogP contribution in [-0.2, 0) is 27.2 Å². The number of hydrogen-bond donors (Lipinski definition) is 2. The SMILES string of the molecule is CCCNC(=O)COC(=O)c1c(NC(C)=O)sc2c1CCCC2. The third-order valence-corrected chi connectivity index (χ3v) is 4.78. The minimum Gasteiger partial charge on any atom is -0.452 e. The van der Waals surface area contributed by atoms with Gasteiger partial charge in [0.25, 0.3) is 5.91 Å². The average Bonchev–Trinajstić information content (AvgIpc) is 2.87. The molecule has 2 N–H and O–H groups in total. The molecule has 6 nitrogen and oxygen atoms in total. The van der Waals surface area contributed by atoms with Crippen LogP contribution in [0, 0.1) is 0 Å². The molecule has 1 heterocycles. The third kappa shape index (κ3) is 4.54. The van der Waals surface area contributed by atoms with E-state index in [-0.39, 0.29) is 18.4 Å². The molecule has 23 heavy (non-hydrogen) atoms. The van der Waals surface area contributed by atoms with Crippen molar-refractivity contribution in [3.8, 4) is 0 Å². The smallest absolute Gasteiger partial charge is 0.341 e. The molecule has 0 saturated carbocycles. The van der Waals surface area contributed by atoms with E-state index in [1.165, 1.54) is 18.3 Å². The molecular weight excluding hydrogens is 316 g/mol. The van der Waals surface area contributed by atoms with Crippen molar-refractivity contribution in [1.29, 1.82) is 0 Å². The number of ether oxygens (including phenoxy) is 1. The van der Waals surface area contributed by atoms with Crippen LogP contribution in [0.1, 0.15) is 53.9 Å². The highest BCUT2D eigenvalue weighted by molar-refractivity contribution is 7.17. The number of esters is 1. The molecular formula is C16H22N2O4S. The summed E-state index contributed by atoms with van der Waals surface area (Å²) in [6, 6.07) is 0. The summed E-state index contributed by atoms with van der Waals surface area (Å²) in [4.78, 5) is 36.5. The first kappa shape index (κ1) is 17.5. The minimum absolute atomic E-state index is 0.224. The Labute approximate surface area is 139 Å². The van der Waals surface area contributed by atoms with Gasteiger partial charge in [-0.15, -0.1) is 11.3 Å². The molecule has 1 aromatic rings. The third-order valence-electron chi connectivity index (χ3n) is 3.57. The first-order valence-corrected chi connectivity index (χ1v) is 8.70. The van der Waals surface area contributed by atoms with Gasteiger partial charge < -0.3 is 15.4 Å². The van der Waals surface area contributed by atoms with Gasteiger partial charge in [-0.2, -0.15) is 0 Å². The fourth-order valence-corrected chi connectivity index (χ4v) is 3.87.